The van der Waals surface area contributed by atoms with Crippen LogP contribution in [0.15, 0.2) is 58.8 Å². The van der Waals surface area contributed by atoms with Crippen LogP contribution < -0.4 is 5.43 Å². The summed E-state index contributed by atoms with van der Waals surface area (Å²) in [4.78, 5) is 17.1. The van der Waals surface area contributed by atoms with Crippen LogP contribution in [0.5, 0.6) is 0 Å². The van der Waals surface area contributed by atoms with Crippen LogP contribution in [0.2, 0.25) is 10.0 Å². The molecule has 2 aromatic rings. The molecule has 1 amide bonds. The third-order valence-electron chi connectivity index (χ3n) is 2.86. The predicted molar refractivity (Wildman–Crippen MR) is 97.0 cm³/mol. The number of oxime groups is 1. The molecule has 0 fully saturated rings. The number of carbonyl (C=O) groups excluding carboxylic acids is 1. The lowest BCUT2D eigenvalue weighted by Gasteiger charge is -2.04. The van der Waals surface area contributed by atoms with Gasteiger partial charge < -0.3 is 4.84 Å². The van der Waals surface area contributed by atoms with Crippen LogP contribution in [-0.4, -0.2) is 24.4 Å². The summed E-state index contributed by atoms with van der Waals surface area (Å²) in [5.41, 5.74) is 3.97. The molecule has 0 spiro atoms. The van der Waals surface area contributed by atoms with Crippen molar-refractivity contribution in [1.29, 1.82) is 0 Å². The number of nitrogens with one attached hydrogen (secondary N) is 1. The van der Waals surface area contributed by atoms with E-state index in [2.05, 4.69) is 15.7 Å². The molecule has 0 aromatic heterocycles. The summed E-state index contributed by atoms with van der Waals surface area (Å²) in [6.45, 7) is 2.24. The van der Waals surface area contributed by atoms with E-state index < -0.39 is 0 Å². The lowest BCUT2D eigenvalue weighted by Crippen LogP contribution is -2.20. The minimum absolute atomic E-state index is 0.387. The first-order chi connectivity index (χ1) is 11.6. The Labute approximate surface area is 149 Å². The van der Waals surface area contributed by atoms with E-state index in [1.807, 2.05) is 6.92 Å². The Morgan fingerprint density at radius 1 is 1.12 bits per heavy atom. The molecule has 124 valence electrons. The highest BCUT2D eigenvalue weighted by Crippen LogP contribution is 2.12. The van der Waals surface area contributed by atoms with Crippen LogP contribution in [-0.2, 0) is 4.84 Å². The van der Waals surface area contributed by atoms with Crippen LogP contribution >= 0.6 is 23.2 Å². The van der Waals surface area contributed by atoms with Gasteiger partial charge in [-0.25, -0.2) is 5.43 Å². The number of hydrogen-bond acceptors (Lipinski definition) is 4. The second-order valence-corrected chi connectivity index (χ2v) is 5.48. The molecule has 0 saturated heterocycles. The van der Waals surface area contributed by atoms with Gasteiger partial charge in [0, 0.05) is 21.2 Å². The number of nitrogens with zero attached hydrogens (tertiary/aromatic N) is 2. The van der Waals surface area contributed by atoms with E-state index in [1.54, 1.807) is 48.5 Å². The molecular weight excluding hydrogens is 349 g/mol. The Bertz CT molecular complexity index is 776. The second kappa shape index (κ2) is 9.05. The van der Waals surface area contributed by atoms with Gasteiger partial charge >= 0.3 is 0 Å². The zero-order chi connectivity index (χ0) is 17.4. The largest absolute Gasteiger partial charge is 0.396 e. The highest BCUT2D eigenvalue weighted by atomic mass is 35.5. The topological polar surface area (TPSA) is 63.1 Å². The molecule has 0 bridgehead atoms. The monoisotopic (exact) mass is 363 g/mol. The third-order valence-corrected chi connectivity index (χ3v) is 3.33. The van der Waals surface area contributed by atoms with Crippen molar-refractivity contribution >= 4 is 41.0 Å². The molecular formula is C17H15Cl2N3O2. The van der Waals surface area contributed by atoms with Crippen molar-refractivity contribution in [1.82, 2.24) is 5.43 Å². The molecule has 24 heavy (non-hydrogen) atoms. The van der Waals surface area contributed by atoms with Crippen LogP contribution in [0.25, 0.3) is 0 Å². The lowest BCUT2D eigenvalue weighted by atomic mass is 10.1. The van der Waals surface area contributed by atoms with Gasteiger partial charge in [0.1, 0.15) is 12.3 Å². The fourth-order valence-electron chi connectivity index (χ4n) is 1.78. The van der Waals surface area contributed by atoms with Crippen LogP contribution in [0.1, 0.15) is 22.8 Å². The molecule has 0 atom stereocenters. The van der Waals surface area contributed by atoms with Gasteiger partial charge in [0.05, 0.1) is 6.21 Å². The predicted octanol–water partition coefficient (Wildman–Crippen LogP) is 4.15. The van der Waals surface area contributed by atoms with Gasteiger partial charge in [0.15, 0.2) is 0 Å². The lowest BCUT2D eigenvalue weighted by molar-refractivity contribution is 0.0955. The Morgan fingerprint density at radius 2 is 1.75 bits per heavy atom. The number of rotatable bonds is 6. The molecule has 7 heteroatoms. The quantitative estimate of drug-likeness (QED) is 0.618. The van der Waals surface area contributed by atoms with Crippen molar-refractivity contribution in [2.45, 2.75) is 6.92 Å². The molecule has 0 aliphatic carbocycles. The van der Waals surface area contributed by atoms with E-state index in [0.717, 1.165) is 0 Å². The van der Waals surface area contributed by atoms with Crippen molar-refractivity contribution in [3.8, 4) is 0 Å². The van der Waals surface area contributed by atoms with Crippen molar-refractivity contribution < 1.29 is 9.63 Å². The number of halogens is 2. The first-order valence-corrected chi connectivity index (χ1v) is 7.90. The van der Waals surface area contributed by atoms with E-state index in [9.17, 15) is 4.79 Å². The van der Waals surface area contributed by atoms with Gasteiger partial charge in [-0.05, 0) is 37.3 Å². The summed E-state index contributed by atoms with van der Waals surface area (Å²) in [5.74, 6) is -0.387. The smallest absolute Gasteiger partial charge is 0.271 e. The molecule has 0 saturated carbocycles. The molecule has 2 rings (SSSR count). The Balaban J connectivity index is 2.23. The van der Waals surface area contributed by atoms with E-state index in [-0.39, 0.29) is 5.91 Å². The van der Waals surface area contributed by atoms with E-state index in [1.165, 1.54) is 6.21 Å². The average Bonchev–Trinajstić information content (AvgIpc) is 2.57. The molecule has 0 heterocycles. The second-order valence-electron chi connectivity index (χ2n) is 4.61. The minimum Gasteiger partial charge on any atom is -0.396 e. The maximum Gasteiger partial charge on any atom is 0.271 e. The van der Waals surface area contributed by atoms with Gasteiger partial charge in [0.2, 0.25) is 0 Å². The zero-order valence-corrected chi connectivity index (χ0v) is 14.4. The summed E-state index contributed by atoms with van der Waals surface area (Å²) >= 11 is 11.9. The Kier molecular flexibility index (Phi) is 6.78. The third kappa shape index (κ3) is 5.37. The molecule has 0 aliphatic heterocycles. The highest BCUT2D eigenvalue weighted by molar-refractivity contribution is 6.39. The standard InChI is InChI=1S/C17H15Cl2N3O2/c1-2-24-20-11-16(12-5-3-7-14(18)9-12)21-22-17(23)13-6-4-8-15(19)10-13/h3-11H,2H2,1H3,(H,22,23). The SMILES string of the molecule is CCON=CC(=NNC(=O)c1cccc(Cl)c1)c1cccc(Cl)c1. The maximum atomic E-state index is 12.2. The Morgan fingerprint density at radius 3 is 2.38 bits per heavy atom. The fourth-order valence-corrected chi connectivity index (χ4v) is 2.16. The van der Waals surface area contributed by atoms with E-state index in [4.69, 9.17) is 28.0 Å². The molecule has 0 radical (unpaired) electrons. The van der Waals surface area contributed by atoms with Gasteiger partial charge in [-0.15, -0.1) is 0 Å². The minimum atomic E-state index is -0.387. The summed E-state index contributed by atoms with van der Waals surface area (Å²) in [5, 5.41) is 8.91. The van der Waals surface area contributed by atoms with Crippen LogP contribution in [0.4, 0.5) is 0 Å². The molecule has 0 aliphatic rings. The van der Waals surface area contributed by atoms with Gasteiger partial charge in [-0.3, -0.25) is 4.79 Å². The number of carbonyl (C=O) groups is 1. The summed E-state index contributed by atoms with van der Waals surface area (Å²) in [7, 11) is 0. The molecule has 0 unspecified atom stereocenters. The fraction of sp³-hybridized carbons (Fsp3) is 0.118. The van der Waals surface area contributed by atoms with E-state index >= 15 is 0 Å². The molecule has 2 aromatic carbocycles. The van der Waals surface area contributed by atoms with Crippen LogP contribution in [0.3, 0.4) is 0 Å². The summed E-state index contributed by atoms with van der Waals surface area (Å²) < 4.78 is 0. The number of benzene rings is 2. The number of amides is 1. The van der Waals surface area contributed by atoms with Gasteiger partial charge in [-0.2, -0.15) is 5.10 Å². The first kappa shape index (κ1) is 18.0. The summed E-state index contributed by atoms with van der Waals surface area (Å²) in [6, 6.07) is 13.6. The first-order valence-electron chi connectivity index (χ1n) is 7.15. The van der Waals surface area contributed by atoms with Gasteiger partial charge in [-0.1, -0.05) is 46.6 Å². The highest BCUT2D eigenvalue weighted by Gasteiger charge is 2.07. The Hall–Kier alpha value is -2.37. The molecule has 1 N–H and O–H groups in total. The van der Waals surface area contributed by atoms with Gasteiger partial charge in [0.25, 0.3) is 5.91 Å². The molecule has 5 nitrogen and oxygen atoms in total. The van der Waals surface area contributed by atoms with Crippen molar-refractivity contribution in [3.05, 3.63) is 69.7 Å². The number of hydrogen-bond donors (Lipinski definition) is 1. The van der Waals surface area contributed by atoms with Crippen molar-refractivity contribution in [2.24, 2.45) is 10.3 Å². The number of hydrazone groups is 1. The van der Waals surface area contributed by atoms with Crippen molar-refractivity contribution in [3.63, 3.8) is 0 Å². The summed E-state index contributed by atoms with van der Waals surface area (Å²) in [6.07, 6.45) is 1.41. The maximum absolute atomic E-state index is 12.2. The van der Waals surface area contributed by atoms with Crippen LogP contribution in [0, 0.1) is 0 Å². The normalized spacial score (nSPS) is 11.5. The zero-order valence-electron chi connectivity index (χ0n) is 12.9. The van der Waals surface area contributed by atoms with E-state index in [0.29, 0.717) is 33.5 Å². The average molecular weight is 364 g/mol. The van der Waals surface area contributed by atoms with Crippen molar-refractivity contribution in [2.75, 3.05) is 6.61 Å².